The van der Waals surface area contributed by atoms with E-state index in [-0.39, 0.29) is 29.1 Å². The number of phenolic OH excluding ortho intramolecular Hbond substituents is 2. The summed E-state index contributed by atoms with van der Waals surface area (Å²) in [6, 6.07) is 2.62. The van der Waals surface area contributed by atoms with E-state index in [9.17, 15) is 19.8 Å². The lowest BCUT2D eigenvalue weighted by molar-refractivity contribution is -0.104. The molecule has 0 aromatic heterocycles. The summed E-state index contributed by atoms with van der Waals surface area (Å²) in [5, 5.41) is 19.3. The van der Waals surface area contributed by atoms with Crippen molar-refractivity contribution in [3.05, 3.63) is 47.6 Å². The average Bonchev–Trinajstić information content (AvgIpc) is 2.67. The fourth-order valence-electron chi connectivity index (χ4n) is 2.17. The molecule has 0 saturated carbocycles. The lowest BCUT2D eigenvalue weighted by atomic mass is 10.0. The van der Waals surface area contributed by atoms with Crippen LogP contribution >= 0.6 is 11.6 Å². The van der Waals surface area contributed by atoms with Gasteiger partial charge in [0.1, 0.15) is 29.5 Å². The van der Waals surface area contributed by atoms with E-state index in [4.69, 9.17) is 4.74 Å². The molecule has 0 heterocycles. The Bertz CT molecular complexity index is 638. The van der Waals surface area contributed by atoms with Gasteiger partial charge in [-0.3, -0.25) is 4.79 Å². The molecule has 0 fully saturated rings. The Morgan fingerprint density at radius 1 is 1.21 bits per heavy atom. The molecule has 0 aliphatic rings. The summed E-state index contributed by atoms with van der Waals surface area (Å²) >= 11 is 4.64. The van der Waals surface area contributed by atoms with Crippen LogP contribution in [-0.2, 0) is 16.0 Å². The number of halogens is 1. The Hall–Kier alpha value is -2.27. The van der Waals surface area contributed by atoms with Gasteiger partial charge in [0.2, 0.25) is 0 Å². The quantitative estimate of drug-likeness (QED) is 0.205. The first-order valence-electron chi connectivity index (χ1n) is 9.18. The summed E-state index contributed by atoms with van der Waals surface area (Å²) in [5.74, 6) is -0.791. The van der Waals surface area contributed by atoms with Gasteiger partial charge in [0, 0.05) is 18.4 Å². The Labute approximate surface area is 173 Å². The molecule has 6 heteroatoms. The van der Waals surface area contributed by atoms with E-state index in [0.29, 0.717) is 12.0 Å². The first-order valence-corrected chi connectivity index (χ1v) is 9.94. The van der Waals surface area contributed by atoms with Gasteiger partial charge in [-0.25, -0.2) is 4.79 Å². The van der Waals surface area contributed by atoms with Crippen LogP contribution in [0.15, 0.2) is 36.4 Å². The van der Waals surface area contributed by atoms with Crippen molar-refractivity contribution >= 4 is 23.9 Å². The Balaban J connectivity index is 0. The molecule has 0 aliphatic heterocycles. The smallest absolute Gasteiger partial charge is 0.342 e. The van der Waals surface area contributed by atoms with Gasteiger partial charge in [-0.1, -0.05) is 39.0 Å². The molecule has 158 valence electrons. The van der Waals surface area contributed by atoms with Gasteiger partial charge in [0.15, 0.2) is 0 Å². The highest BCUT2D eigenvalue weighted by atomic mass is 35.5. The largest absolute Gasteiger partial charge is 0.508 e. The molecule has 1 aromatic rings. The highest BCUT2D eigenvalue weighted by molar-refractivity contribution is 6.15. The number of benzene rings is 1. The van der Waals surface area contributed by atoms with Crippen molar-refractivity contribution in [3.8, 4) is 11.5 Å². The van der Waals surface area contributed by atoms with E-state index in [1.54, 1.807) is 0 Å². The van der Waals surface area contributed by atoms with E-state index in [1.807, 2.05) is 52.8 Å². The van der Waals surface area contributed by atoms with Gasteiger partial charge >= 0.3 is 5.97 Å². The number of phenols is 2. The predicted molar refractivity (Wildman–Crippen MR) is 115 cm³/mol. The molecule has 2 N–H and O–H groups in total. The maximum Gasteiger partial charge on any atom is 0.342 e. The minimum Gasteiger partial charge on any atom is -0.508 e. The molecule has 0 amide bonds. The second-order valence-corrected chi connectivity index (χ2v) is 5.82. The number of aromatic hydroxyl groups is 2. The number of carbonyl (C=O) groups is 2. The monoisotopic (exact) mass is 412 g/mol. The maximum atomic E-state index is 12.2. The zero-order chi connectivity index (χ0) is 22.1. The highest BCUT2D eigenvalue weighted by Crippen LogP contribution is 2.29. The zero-order valence-corrected chi connectivity index (χ0v) is 18.4. The number of esters is 1. The first kappa shape index (κ1) is 27.9. The van der Waals surface area contributed by atoms with E-state index in [0.717, 1.165) is 18.8 Å². The van der Waals surface area contributed by atoms with Gasteiger partial charge in [0.25, 0.3) is 0 Å². The van der Waals surface area contributed by atoms with Crippen LogP contribution in [0.3, 0.4) is 0 Å². The molecule has 0 spiro atoms. The molecular formula is C22H33ClO5. The van der Waals surface area contributed by atoms with Crippen molar-refractivity contribution < 1.29 is 24.5 Å². The van der Waals surface area contributed by atoms with Crippen molar-refractivity contribution in [2.45, 2.75) is 53.6 Å². The minimum atomic E-state index is -0.566. The standard InChI is InChI=1S/C16H22O4.C5H8O.CH3Cl/c1-5-7-10(3)11(4)20-16(19)15-12(6-2)8-13(17)9-14(15)18;1-2-3-4-5-6;1-2/h5,7-11,17-18H,6H2,1-4H3;3-5H,2H2,1H3;1H3/b7-5+;4-3+;/t10?,11-;;/m1../s1. The third-order valence-corrected chi connectivity index (χ3v) is 3.75. The fourth-order valence-corrected chi connectivity index (χ4v) is 2.17. The lowest BCUT2D eigenvalue weighted by Gasteiger charge is -2.19. The van der Waals surface area contributed by atoms with Crippen LogP contribution in [0, 0.1) is 5.92 Å². The van der Waals surface area contributed by atoms with E-state index in [2.05, 4.69) is 11.6 Å². The molecule has 0 saturated heterocycles. The molecule has 1 unspecified atom stereocenters. The van der Waals surface area contributed by atoms with E-state index in [1.165, 1.54) is 18.5 Å². The number of aldehydes is 1. The van der Waals surface area contributed by atoms with Crippen LogP contribution in [0.25, 0.3) is 0 Å². The van der Waals surface area contributed by atoms with Crippen molar-refractivity contribution in [2.75, 3.05) is 6.38 Å². The van der Waals surface area contributed by atoms with Crippen LogP contribution in [0.4, 0.5) is 0 Å². The second kappa shape index (κ2) is 16.9. The number of carbonyl (C=O) groups excluding carboxylic acids is 2. The van der Waals surface area contributed by atoms with Gasteiger partial charge in [-0.2, -0.15) is 0 Å². The molecular weight excluding hydrogens is 380 g/mol. The van der Waals surface area contributed by atoms with E-state index >= 15 is 0 Å². The van der Waals surface area contributed by atoms with Crippen LogP contribution in [0.2, 0.25) is 0 Å². The van der Waals surface area contributed by atoms with Crippen molar-refractivity contribution in [3.63, 3.8) is 0 Å². The number of allylic oxidation sites excluding steroid dienone is 3. The lowest BCUT2D eigenvalue weighted by Crippen LogP contribution is -2.21. The van der Waals surface area contributed by atoms with Crippen LogP contribution in [0.1, 0.15) is 57.0 Å². The maximum absolute atomic E-state index is 12.2. The summed E-state index contributed by atoms with van der Waals surface area (Å²) in [5.41, 5.74) is 0.697. The number of hydrogen-bond donors (Lipinski definition) is 2. The molecule has 0 bridgehead atoms. The predicted octanol–water partition coefficient (Wildman–Crippen LogP) is 5.42. The second-order valence-electron chi connectivity index (χ2n) is 5.82. The fraction of sp³-hybridized carbons (Fsp3) is 0.455. The molecule has 0 radical (unpaired) electrons. The zero-order valence-electron chi connectivity index (χ0n) is 17.6. The SMILES string of the molecule is C/C=C/C(C)[C@@H](C)OC(=O)c1c(O)cc(O)cc1CC.CC/C=C/C=O.CCl. The van der Waals surface area contributed by atoms with Gasteiger partial charge in [-0.05, 0) is 44.4 Å². The summed E-state index contributed by atoms with van der Waals surface area (Å²) in [7, 11) is 0. The van der Waals surface area contributed by atoms with Gasteiger partial charge in [-0.15, -0.1) is 11.6 Å². The van der Waals surface area contributed by atoms with E-state index < -0.39 is 5.97 Å². The Morgan fingerprint density at radius 3 is 2.25 bits per heavy atom. The average molecular weight is 413 g/mol. The molecule has 2 atom stereocenters. The molecule has 1 aromatic carbocycles. The molecule has 28 heavy (non-hydrogen) atoms. The number of ether oxygens (including phenoxy) is 1. The summed E-state index contributed by atoms with van der Waals surface area (Å²) in [6.07, 6.45) is 10.6. The topological polar surface area (TPSA) is 83.8 Å². The molecule has 0 aliphatic carbocycles. The van der Waals surface area contributed by atoms with Crippen molar-refractivity contribution in [2.24, 2.45) is 5.92 Å². The normalized spacial score (nSPS) is 12.4. The van der Waals surface area contributed by atoms with Gasteiger partial charge in [0.05, 0.1) is 0 Å². The summed E-state index contributed by atoms with van der Waals surface area (Å²) in [4.78, 5) is 21.7. The summed E-state index contributed by atoms with van der Waals surface area (Å²) < 4.78 is 5.38. The van der Waals surface area contributed by atoms with Crippen LogP contribution < -0.4 is 0 Å². The van der Waals surface area contributed by atoms with Crippen molar-refractivity contribution in [1.82, 2.24) is 0 Å². The molecule has 5 nitrogen and oxygen atoms in total. The minimum absolute atomic E-state index is 0.0637. The Kier molecular flexibility index (Phi) is 16.8. The third kappa shape index (κ3) is 10.8. The first-order chi connectivity index (χ1) is 13.3. The highest BCUT2D eigenvalue weighted by Gasteiger charge is 2.22. The van der Waals surface area contributed by atoms with Crippen molar-refractivity contribution in [1.29, 1.82) is 0 Å². The summed E-state index contributed by atoms with van der Waals surface area (Å²) in [6.45, 7) is 9.50. The number of alkyl halides is 1. The van der Waals surface area contributed by atoms with Crippen LogP contribution in [-0.4, -0.2) is 35.0 Å². The molecule has 1 rings (SSSR count). The third-order valence-electron chi connectivity index (χ3n) is 3.75. The number of aryl methyl sites for hydroxylation is 1. The van der Waals surface area contributed by atoms with Crippen LogP contribution in [0.5, 0.6) is 11.5 Å². The number of rotatable bonds is 7. The van der Waals surface area contributed by atoms with Gasteiger partial charge < -0.3 is 14.9 Å². The number of hydrogen-bond acceptors (Lipinski definition) is 5. The Morgan fingerprint density at radius 2 is 1.82 bits per heavy atom.